The Morgan fingerprint density at radius 3 is 3.00 bits per heavy atom. The summed E-state index contributed by atoms with van der Waals surface area (Å²) in [6.07, 6.45) is 3.63. The van der Waals surface area contributed by atoms with Gasteiger partial charge in [0.1, 0.15) is 17.9 Å². The summed E-state index contributed by atoms with van der Waals surface area (Å²) in [6.45, 7) is 4.00. The van der Waals surface area contributed by atoms with Gasteiger partial charge in [-0.2, -0.15) is 0 Å². The highest BCUT2D eigenvalue weighted by Crippen LogP contribution is 1.94. The molecule has 0 aliphatic rings. The summed E-state index contributed by atoms with van der Waals surface area (Å²) in [4.78, 5) is 4.99. The molecule has 2 heterocycles. The highest BCUT2D eigenvalue weighted by atomic mass is 32.1. The first-order valence-electron chi connectivity index (χ1n) is 3.53. The van der Waals surface area contributed by atoms with E-state index in [4.69, 9.17) is 0 Å². The molecule has 3 nitrogen and oxygen atoms in total. The van der Waals surface area contributed by atoms with Crippen molar-refractivity contribution in [3.63, 3.8) is 0 Å². The van der Waals surface area contributed by atoms with Crippen molar-refractivity contribution in [2.75, 3.05) is 0 Å². The van der Waals surface area contributed by atoms with Crippen molar-refractivity contribution >= 4 is 16.3 Å². The molecule has 0 bridgehead atoms. The average Bonchev–Trinajstić information content (AvgIpc) is 2.55. The molecule has 0 saturated heterocycles. The third kappa shape index (κ3) is 1.71. The van der Waals surface area contributed by atoms with Gasteiger partial charge < -0.3 is 0 Å². The van der Waals surface area contributed by atoms with Gasteiger partial charge in [-0.1, -0.05) is 23.5 Å². The fraction of sp³-hybridized carbons (Fsp3) is 0.286. The third-order valence-electron chi connectivity index (χ3n) is 1.02. The molecule has 0 spiro atoms. The van der Waals surface area contributed by atoms with E-state index in [2.05, 4.69) is 10.1 Å². The Hall–Kier alpha value is -1.03. The van der Waals surface area contributed by atoms with Gasteiger partial charge in [0, 0.05) is 6.07 Å². The summed E-state index contributed by atoms with van der Waals surface area (Å²) in [5.74, 6) is 0. The number of nitrogens with zero attached hydrogens (tertiary/aromatic N) is 3. The maximum Gasteiger partial charge on any atom is 0.409 e. The maximum atomic E-state index is 4.06. The second-order valence-electron chi connectivity index (χ2n) is 1.59. The lowest BCUT2D eigenvalue weighted by molar-refractivity contribution is -0.578. The summed E-state index contributed by atoms with van der Waals surface area (Å²) in [5.41, 5.74) is 1.77. The van der Waals surface area contributed by atoms with Gasteiger partial charge >= 0.3 is 4.96 Å². The highest BCUT2D eigenvalue weighted by Gasteiger charge is 2.00. The van der Waals surface area contributed by atoms with Gasteiger partial charge in [0.05, 0.1) is 0 Å². The molecule has 0 unspecified atom stereocenters. The lowest BCUT2D eigenvalue weighted by Crippen LogP contribution is -2.21. The molecule has 58 valence electrons. The quantitative estimate of drug-likeness (QED) is 0.555. The molecule has 11 heavy (non-hydrogen) atoms. The topological polar surface area (TPSA) is 29.9 Å². The van der Waals surface area contributed by atoms with Crippen molar-refractivity contribution in [2.24, 2.45) is 0 Å². The Labute approximate surface area is 69.3 Å². The van der Waals surface area contributed by atoms with Gasteiger partial charge in [0.2, 0.25) is 0 Å². The molecule has 2 rings (SSSR count). The van der Waals surface area contributed by atoms with Crippen molar-refractivity contribution in [2.45, 2.75) is 13.8 Å². The average molecular weight is 168 g/mol. The number of rotatable bonds is 0. The standard InChI is InChI=1S/C5H4N3S.C2H6/c1-2-6-5-8(3-1)7-4-9-5;1-2/h1-4H;1-2H3/q+1;. The third-order valence-corrected chi connectivity index (χ3v) is 1.73. The zero-order chi connectivity index (χ0) is 8.10. The van der Waals surface area contributed by atoms with Crippen molar-refractivity contribution in [1.82, 2.24) is 10.1 Å². The highest BCUT2D eigenvalue weighted by molar-refractivity contribution is 7.14. The van der Waals surface area contributed by atoms with E-state index in [0.717, 1.165) is 4.96 Å². The van der Waals surface area contributed by atoms with Crippen LogP contribution in [0.15, 0.2) is 24.0 Å². The van der Waals surface area contributed by atoms with E-state index in [1.165, 1.54) is 11.3 Å². The van der Waals surface area contributed by atoms with E-state index in [9.17, 15) is 0 Å². The van der Waals surface area contributed by atoms with Crippen LogP contribution in [0.3, 0.4) is 0 Å². The summed E-state index contributed by atoms with van der Waals surface area (Å²) < 4.78 is 1.74. The van der Waals surface area contributed by atoms with Gasteiger partial charge in [-0.05, 0) is 16.3 Å². The normalized spacial score (nSPS) is 8.91. The Bertz CT molecular complexity index is 288. The van der Waals surface area contributed by atoms with Gasteiger partial charge in [0.15, 0.2) is 0 Å². The van der Waals surface area contributed by atoms with Crippen molar-refractivity contribution in [3.05, 3.63) is 24.0 Å². The number of fused-ring (bicyclic) bond motifs is 1. The SMILES string of the molecule is CC.c1cnc2scn[n+]2c1. The Morgan fingerprint density at radius 1 is 1.45 bits per heavy atom. The van der Waals surface area contributed by atoms with Crippen LogP contribution < -0.4 is 4.52 Å². The monoisotopic (exact) mass is 168 g/mol. The fourth-order valence-corrected chi connectivity index (χ4v) is 1.22. The number of hydrogen-bond donors (Lipinski definition) is 0. The van der Waals surface area contributed by atoms with E-state index < -0.39 is 0 Å². The predicted octanol–water partition coefficient (Wildman–Crippen LogP) is 1.30. The molecule has 0 N–H and O–H groups in total. The van der Waals surface area contributed by atoms with Gasteiger partial charge in [-0.25, -0.2) is 0 Å². The van der Waals surface area contributed by atoms with Crippen LogP contribution in [0.2, 0.25) is 0 Å². The van der Waals surface area contributed by atoms with Crippen LogP contribution in [-0.2, 0) is 0 Å². The van der Waals surface area contributed by atoms with E-state index in [1.807, 2.05) is 26.1 Å². The van der Waals surface area contributed by atoms with Crippen LogP contribution in [0.25, 0.3) is 4.96 Å². The molecule has 0 fully saturated rings. The first kappa shape index (κ1) is 8.07. The summed E-state index contributed by atoms with van der Waals surface area (Å²) in [7, 11) is 0. The number of hydrogen-bond acceptors (Lipinski definition) is 3. The second kappa shape index (κ2) is 3.98. The Morgan fingerprint density at radius 2 is 2.27 bits per heavy atom. The smallest absolute Gasteiger partial charge is 0.0913 e. The molecule has 0 amide bonds. The van der Waals surface area contributed by atoms with Crippen LogP contribution in [0, 0.1) is 0 Å². The molecular weight excluding hydrogens is 158 g/mol. The minimum atomic E-state index is 0.928. The first-order chi connectivity index (χ1) is 5.47. The summed E-state index contributed by atoms with van der Waals surface area (Å²) in [6, 6.07) is 1.85. The van der Waals surface area contributed by atoms with Crippen LogP contribution >= 0.6 is 11.3 Å². The molecule has 2 aromatic heterocycles. The molecule has 0 radical (unpaired) electrons. The van der Waals surface area contributed by atoms with Crippen molar-refractivity contribution < 1.29 is 4.52 Å². The predicted molar refractivity (Wildman–Crippen MR) is 44.4 cm³/mol. The molecule has 0 saturated carbocycles. The fourth-order valence-electron chi connectivity index (χ4n) is 0.644. The van der Waals surface area contributed by atoms with E-state index in [1.54, 1.807) is 16.2 Å². The van der Waals surface area contributed by atoms with E-state index >= 15 is 0 Å². The Balaban J connectivity index is 0.000000281. The minimum Gasteiger partial charge on any atom is -0.0913 e. The molecule has 2 aromatic rings. The zero-order valence-electron chi connectivity index (χ0n) is 6.56. The lowest BCUT2D eigenvalue weighted by atomic mass is 10.7. The largest absolute Gasteiger partial charge is 0.409 e. The molecule has 0 aliphatic carbocycles. The van der Waals surface area contributed by atoms with Crippen molar-refractivity contribution in [1.29, 1.82) is 0 Å². The molecule has 0 atom stereocenters. The van der Waals surface area contributed by atoms with Crippen LogP contribution in [0.1, 0.15) is 13.8 Å². The minimum absolute atomic E-state index is 0.928. The molecule has 4 heteroatoms. The molecule has 0 aliphatic heterocycles. The van der Waals surface area contributed by atoms with Gasteiger partial charge in [-0.3, -0.25) is 0 Å². The van der Waals surface area contributed by atoms with Crippen LogP contribution in [0.5, 0.6) is 0 Å². The Kier molecular flexibility index (Phi) is 2.92. The number of aromatic nitrogens is 3. The van der Waals surface area contributed by atoms with Gasteiger partial charge in [0.25, 0.3) is 0 Å². The first-order valence-corrected chi connectivity index (χ1v) is 4.41. The summed E-state index contributed by atoms with van der Waals surface area (Å²) >= 11 is 1.53. The van der Waals surface area contributed by atoms with Crippen LogP contribution in [0.4, 0.5) is 0 Å². The van der Waals surface area contributed by atoms with Crippen LogP contribution in [-0.4, -0.2) is 10.1 Å². The lowest BCUT2D eigenvalue weighted by Gasteiger charge is -1.71. The van der Waals surface area contributed by atoms with E-state index in [-0.39, 0.29) is 0 Å². The molecule has 0 aromatic carbocycles. The molecular formula is C7H10N3S+. The van der Waals surface area contributed by atoms with E-state index in [0.29, 0.717) is 0 Å². The zero-order valence-corrected chi connectivity index (χ0v) is 7.38. The second-order valence-corrected chi connectivity index (χ2v) is 2.40. The van der Waals surface area contributed by atoms with Crippen molar-refractivity contribution in [3.8, 4) is 0 Å². The maximum absolute atomic E-state index is 4.06. The summed E-state index contributed by atoms with van der Waals surface area (Å²) in [5, 5.41) is 3.99. The van der Waals surface area contributed by atoms with Gasteiger partial charge in [-0.15, -0.1) is 0 Å².